The number of thioether (sulfide) groups is 1. The maximum atomic E-state index is 5.79. The van der Waals surface area contributed by atoms with E-state index < -0.39 is 0 Å². The molecule has 11 heavy (non-hydrogen) atoms. The van der Waals surface area contributed by atoms with E-state index in [4.69, 9.17) is 5.73 Å². The van der Waals surface area contributed by atoms with Gasteiger partial charge < -0.3 is 5.73 Å². The van der Waals surface area contributed by atoms with E-state index in [2.05, 4.69) is 12.0 Å². The minimum absolute atomic E-state index is 0.819. The number of nitrogen functional groups attached to an aromatic ring is 1. The summed E-state index contributed by atoms with van der Waals surface area (Å²) in [5, 5.41) is 5.34. The lowest BCUT2D eigenvalue weighted by Crippen LogP contribution is -1.98. The van der Waals surface area contributed by atoms with Crippen LogP contribution in [0.1, 0.15) is 12.6 Å². The van der Waals surface area contributed by atoms with Crippen molar-refractivity contribution in [2.45, 2.75) is 25.4 Å². The van der Waals surface area contributed by atoms with Gasteiger partial charge in [-0.1, -0.05) is 0 Å². The highest BCUT2D eigenvalue weighted by Crippen LogP contribution is 2.25. The van der Waals surface area contributed by atoms with Crippen LogP contribution in [0.2, 0.25) is 0 Å². The van der Waals surface area contributed by atoms with Gasteiger partial charge in [0.2, 0.25) is 0 Å². The first kappa shape index (κ1) is 8.46. The number of anilines is 1. The Bertz CT molecular complexity index is 254. The highest BCUT2D eigenvalue weighted by molar-refractivity contribution is 7.98. The average molecular weight is 171 g/mol. The Morgan fingerprint density at radius 2 is 2.27 bits per heavy atom. The molecular weight excluding hydrogens is 158 g/mol. The second-order valence-corrected chi connectivity index (χ2v) is 3.12. The van der Waals surface area contributed by atoms with Gasteiger partial charge in [-0.25, -0.2) is 0 Å². The topological polar surface area (TPSA) is 43.8 Å². The van der Waals surface area contributed by atoms with E-state index in [1.807, 2.05) is 17.9 Å². The zero-order chi connectivity index (χ0) is 8.43. The van der Waals surface area contributed by atoms with Crippen LogP contribution >= 0.6 is 11.8 Å². The van der Waals surface area contributed by atoms with Crippen molar-refractivity contribution in [3.8, 4) is 0 Å². The average Bonchev–Trinajstić information content (AvgIpc) is 2.28. The molecule has 0 saturated carbocycles. The number of aryl methyl sites for hydroxylation is 2. The number of nitrogens with two attached hydrogens (primary N) is 1. The Morgan fingerprint density at radius 3 is 2.64 bits per heavy atom. The van der Waals surface area contributed by atoms with Gasteiger partial charge in [-0.15, -0.1) is 11.8 Å². The normalized spacial score (nSPS) is 10.5. The molecule has 4 heteroatoms. The third kappa shape index (κ3) is 1.35. The molecule has 0 radical (unpaired) electrons. The molecule has 1 aromatic heterocycles. The Labute approximate surface area is 71.0 Å². The van der Waals surface area contributed by atoms with Crippen molar-refractivity contribution in [1.82, 2.24) is 9.78 Å². The molecule has 0 atom stereocenters. The monoisotopic (exact) mass is 171 g/mol. The fraction of sp³-hybridized carbons (Fsp3) is 0.571. The molecule has 3 nitrogen and oxygen atoms in total. The molecule has 0 spiro atoms. The molecule has 1 rings (SSSR count). The van der Waals surface area contributed by atoms with Crippen LogP contribution in [0.4, 0.5) is 5.69 Å². The van der Waals surface area contributed by atoms with E-state index in [0.717, 1.165) is 23.0 Å². The summed E-state index contributed by atoms with van der Waals surface area (Å²) < 4.78 is 1.93. The summed E-state index contributed by atoms with van der Waals surface area (Å²) in [4.78, 5) is 0. The van der Waals surface area contributed by atoms with Crippen LogP contribution in [0, 0.1) is 6.92 Å². The lowest BCUT2D eigenvalue weighted by atomic mass is 10.4. The van der Waals surface area contributed by atoms with Crippen LogP contribution in [-0.4, -0.2) is 16.0 Å². The number of hydrogen-bond acceptors (Lipinski definition) is 3. The van der Waals surface area contributed by atoms with Crippen LogP contribution in [0.25, 0.3) is 0 Å². The number of hydrogen-bond donors (Lipinski definition) is 1. The molecule has 1 aromatic rings. The molecule has 0 saturated heterocycles. The maximum Gasteiger partial charge on any atom is 0.117 e. The van der Waals surface area contributed by atoms with Gasteiger partial charge in [0, 0.05) is 6.54 Å². The first-order chi connectivity index (χ1) is 5.20. The fourth-order valence-electron chi connectivity index (χ4n) is 1.00. The van der Waals surface area contributed by atoms with E-state index in [1.54, 1.807) is 11.8 Å². The molecule has 0 aliphatic heterocycles. The molecule has 0 amide bonds. The van der Waals surface area contributed by atoms with Gasteiger partial charge in [0.15, 0.2) is 0 Å². The van der Waals surface area contributed by atoms with Crippen LogP contribution in [0.3, 0.4) is 0 Å². The molecule has 0 aliphatic carbocycles. The summed E-state index contributed by atoms with van der Waals surface area (Å²) >= 11 is 1.64. The van der Waals surface area contributed by atoms with Crippen molar-refractivity contribution in [2.24, 2.45) is 0 Å². The van der Waals surface area contributed by atoms with Gasteiger partial charge in [-0.3, -0.25) is 4.68 Å². The number of rotatable bonds is 2. The second-order valence-electron chi connectivity index (χ2n) is 2.32. The predicted molar refractivity (Wildman–Crippen MR) is 48.8 cm³/mol. The van der Waals surface area contributed by atoms with Crippen LogP contribution < -0.4 is 5.73 Å². The van der Waals surface area contributed by atoms with Gasteiger partial charge in [-0.2, -0.15) is 5.10 Å². The third-order valence-electron chi connectivity index (χ3n) is 1.62. The van der Waals surface area contributed by atoms with Crippen LogP contribution in [-0.2, 0) is 6.54 Å². The minimum atomic E-state index is 0.819. The number of aromatic nitrogens is 2. The minimum Gasteiger partial charge on any atom is -0.395 e. The Hall–Kier alpha value is -0.640. The maximum absolute atomic E-state index is 5.79. The summed E-state index contributed by atoms with van der Waals surface area (Å²) in [5.41, 5.74) is 7.53. The van der Waals surface area contributed by atoms with Gasteiger partial charge in [0.05, 0.1) is 11.4 Å². The molecule has 62 valence electrons. The summed E-state index contributed by atoms with van der Waals surface area (Å²) in [6.45, 7) is 4.88. The highest BCUT2D eigenvalue weighted by Gasteiger charge is 2.08. The zero-order valence-electron chi connectivity index (χ0n) is 7.09. The van der Waals surface area contributed by atoms with Crippen molar-refractivity contribution >= 4 is 17.4 Å². The lowest BCUT2D eigenvalue weighted by molar-refractivity contribution is 0.602. The Morgan fingerprint density at radius 1 is 1.64 bits per heavy atom. The summed E-state index contributed by atoms with van der Waals surface area (Å²) in [6.07, 6.45) is 2.01. The molecule has 0 aromatic carbocycles. The van der Waals surface area contributed by atoms with Crippen molar-refractivity contribution in [1.29, 1.82) is 0 Å². The van der Waals surface area contributed by atoms with Gasteiger partial charge in [0.25, 0.3) is 0 Å². The summed E-state index contributed by atoms with van der Waals surface area (Å²) in [5.74, 6) is 0. The largest absolute Gasteiger partial charge is 0.395 e. The van der Waals surface area contributed by atoms with Gasteiger partial charge >= 0.3 is 0 Å². The predicted octanol–water partition coefficient (Wildman–Crippen LogP) is 1.52. The van der Waals surface area contributed by atoms with E-state index in [9.17, 15) is 0 Å². The van der Waals surface area contributed by atoms with Crippen molar-refractivity contribution in [2.75, 3.05) is 12.0 Å². The quantitative estimate of drug-likeness (QED) is 0.686. The van der Waals surface area contributed by atoms with Gasteiger partial charge in [0.1, 0.15) is 5.03 Å². The first-order valence-electron chi connectivity index (χ1n) is 3.57. The SMILES string of the molecule is CCn1nc(C)c(N)c1SC. The lowest BCUT2D eigenvalue weighted by Gasteiger charge is -1.99. The third-order valence-corrected chi connectivity index (χ3v) is 2.44. The van der Waals surface area contributed by atoms with Crippen LogP contribution in [0.5, 0.6) is 0 Å². The van der Waals surface area contributed by atoms with Gasteiger partial charge in [-0.05, 0) is 20.1 Å². The second kappa shape index (κ2) is 3.17. The highest BCUT2D eigenvalue weighted by atomic mass is 32.2. The van der Waals surface area contributed by atoms with E-state index in [0.29, 0.717) is 0 Å². The molecule has 1 heterocycles. The van der Waals surface area contributed by atoms with E-state index >= 15 is 0 Å². The fourth-order valence-corrected chi connectivity index (χ4v) is 1.75. The summed E-state index contributed by atoms with van der Waals surface area (Å²) in [7, 11) is 0. The van der Waals surface area contributed by atoms with E-state index in [1.165, 1.54) is 0 Å². The molecule has 0 unspecified atom stereocenters. The molecule has 2 N–H and O–H groups in total. The standard InChI is InChI=1S/C7H13N3S/c1-4-10-7(11-3)6(8)5(2)9-10/h4,8H2,1-3H3. The van der Waals surface area contributed by atoms with Crippen molar-refractivity contribution < 1.29 is 0 Å². The number of nitrogens with zero attached hydrogens (tertiary/aromatic N) is 2. The Balaban J connectivity index is 3.15. The zero-order valence-corrected chi connectivity index (χ0v) is 7.90. The smallest absolute Gasteiger partial charge is 0.117 e. The van der Waals surface area contributed by atoms with Crippen molar-refractivity contribution in [3.05, 3.63) is 5.69 Å². The van der Waals surface area contributed by atoms with E-state index in [-0.39, 0.29) is 0 Å². The van der Waals surface area contributed by atoms with Crippen LogP contribution in [0.15, 0.2) is 5.03 Å². The molecule has 0 aliphatic rings. The van der Waals surface area contributed by atoms with Crippen molar-refractivity contribution in [3.63, 3.8) is 0 Å². The Kier molecular flexibility index (Phi) is 2.44. The first-order valence-corrected chi connectivity index (χ1v) is 4.80. The summed E-state index contributed by atoms with van der Waals surface area (Å²) in [6, 6.07) is 0. The molecule has 0 fully saturated rings. The molecular formula is C7H13N3S. The molecule has 0 bridgehead atoms.